The lowest BCUT2D eigenvalue weighted by Gasteiger charge is -2.08. The molecule has 1 amide bonds. The van der Waals surface area contributed by atoms with E-state index in [0.717, 1.165) is 11.3 Å². The molecular formula is C13H13N3O2. The number of para-hydroxylation sites is 1. The van der Waals surface area contributed by atoms with Gasteiger partial charge in [-0.1, -0.05) is 23.4 Å². The standard InChI is InChI=1S/C13H13N3O2/c1-8-6-12(16-18-8)15-13(17)10-7-14-11-5-3-2-4-9(10)11/h2-6,10,14H,7H2,1H3,(H,15,16,17). The number of rotatable bonds is 2. The monoisotopic (exact) mass is 243 g/mol. The highest BCUT2D eigenvalue weighted by Gasteiger charge is 2.28. The lowest BCUT2D eigenvalue weighted by molar-refractivity contribution is -0.117. The Morgan fingerprint density at radius 3 is 3.11 bits per heavy atom. The zero-order valence-corrected chi connectivity index (χ0v) is 9.93. The molecule has 0 spiro atoms. The third-order valence-electron chi connectivity index (χ3n) is 3.03. The number of aromatic nitrogens is 1. The van der Waals surface area contributed by atoms with Crippen LogP contribution >= 0.6 is 0 Å². The maximum atomic E-state index is 12.2. The molecule has 2 aromatic rings. The van der Waals surface area contributed by atoms with Crippen molar-refractivity contribution in [2.45, 2.75) is 12.8 Å². The summed E-state index contributed by atoms with van der Waals surface area (Å²) in [6.07, 6.45) is 0. The molecule has 92 valence electrons. The van der Waals surface area contributed by atoms with E-state index in [4.69, 9.17) is 4.52 Å². The molecule has 5 heteroatoms. The Balaban J connectivity index is 1.78. The van der Waals surface area contributed by atoms with Gasteiger partial charge in [-0.3, -0.25) is 4.79 Å². The zero-order chi connectivity index (χ0) is 12.5. The zero-order valence-electron chi connectivity index (χ0n) is 9.93. The van der Waals surface area contributed by atoms with Crippen molar-refractivity contribution in [1.29, 1.82) is 0 Å². The molecule has 0 saturated carbocycles. The Morgan fingerprint density at radius 2 is 2.33 bits per heavy atom. The highest BCUT2D eigenvalue weighted by molar-refractivity contribution is 5.97. The van der Waals surface area contributed by atoms with Crippen LogP contribution in [0.15, 0.2) is 34.9 Å². The molecule has 1 aliphatic heterocycles. The molecule has 1 unspecified atom stereocenters. The second-order valence-corrected chi connectivity index (χ2v) is 4.33. The predicted octanol–water partition coefficient (Wildman–Crippen LogP) is 2.13. The van der Waals surface area contributed by atoms with Crippen LogP contribution in [0, 0.1) is 6.92 Å². The van der Waals surface area contributed by atoms with E-state index >= 15 is 0 Å². The third-order valence-corrected chi connectivity index (χ3v) is 3.03. The summed E-state index contributed by atoms with van der Waals surface area (Å²) in [7, 11) is 0. The normalized spacial score (nSPS) is 17.1. The van der Waals surface area contributed by atoms with Crippen LogP contribution in [-0.4, -0.2) is 17.6 Å². The summed E-state index contributed by atoms with van der Waals surface area (Å²) in [6, 6.07) is 9.53. The summed E-state index contributed by atoms with van der Waals surface area (Å²) in [5.41, 5.74) is 2.05. The van der Waals surface area contributed by atoms with Crippen molar-refractivity contribution in [3.8, 4) is 0 Å². The molecule has 0 saturated heterocycles. The quantitative estimate of drug-likeness (QED) is 0.848. The number of aryl methyl sites for hydroxylation is 1. The van der Waals surface area contributed by atoms with Gasteiger partial charge in [0.05, 0.1) is 5.92 Å². The molecule has 1 aliphatic rings. The maximum Gasteiger partial charge on any atom is 0.235 e. The van der Waals surface area contributed by atoms with Crippen LogP contribution < -0.4 is 10.6 Å². The number of carbonyl (C=O) groups excluding carboxylic acids is 1. The van der Waals surface area contributed by atoms with E-state index in [2.05, 4.69) is 15.8 Å². The predicted molar refractivity (Wildman–Crippen MR) is 67.5 cm³/mol. The number of benzene rings is 1. The molecule has 0 aliphatic carbocycles. The van der Waals surface area contributed by atoms with E-state index in [-0.39, 0.29) is 11.8 Å². The first-order valence-corrected chi connectivity index (χ1v) is 5.81. The Kier molecular flexibility index (Phi) is 2.51. The van der Waals surface area contributed by atoms with Crippen molar-refractivity contribution >= 4 is 17.4 Å². The maximum absolute atomic E-state index is 12.2. The molecule has 2 N–H and O–H groups in total. The van der Waals surface area contributed by atoms with E-state index in [1.54, 1.807) is 13.0 Å². The minimum Gasteiger partial charge on any atom is -0.384 e. The highest BCUT2D eigenvalue weighted by Crippen LogP contribution is 2.31. The number of nitrogens with one attached hydrogen (secondary N) is 2. The summed E-state index contributed by atoms with van der Waals surface area (Å²) < 4.78 is 4.92. The Labute approximate surface area is 104 Å². The molecular weight excluding hydrogens is 230 g/mol. The van der Waals surface area contributed by atoms with Crippen LogP contribution in [0.2, 0.25) is 0 Å². The molecule has 1 atom stereocenters. The van der Waals surface area contributed by atoms with Gasteiger partial charge in [-0.25, -0.2) is 0 Å². The SMILES string of the molecule is Cc1cc(NC(=O)C2CNc3ccccc32)no1. The number of carbonyl (C=O) groups is 1. The number of fused-ring (bicyclic) bond motifs is 1. The second kappa shape index (κ2) is 4.18. The Hall–Kier alpha value is -2.30. The van der Waals surface area contributed by atoms with E-state index in [1.165, 1.54) is 0 Å². The average Bonchev–Trinajstić information content (AvgIpc) is 2.95. The number of amides is 1. The van der Waals surface area contributed by atoms with Gasteiger partial charge in [0.15, 0.2) is 5.82 Å². The van der Waals surface area contributed by atoms with E-state index in [0.29, 0.717) is 18.1 Å². The molecule has 0 bridgehead atoms. The van der Waals surface area contributed by atoms with Gasteiger partial charge in [0.25, 0.3) is 0 Å². The van der Waals surface area contributed by atoms with Gasteiger partial charge in [0.1, 0.15) is 5.76 Å². The van der Waals surface area contributed by atoms with Crippen molar-refractivity contribution in [3.05, 3.63) is 41.7 Å². The van der Waals surface area contributed by atoms with Crippen molar-refractivity contribution in [2.24, 2.45) is 0 Å². The van der Waals surface area contributed by atoms with Crippen molar-refractivity contribution in [3.63, 3.8) is 0 Å². The lowest BCUT2D eigenvalue weighted by atomic mass is 10.0. The summed E-state index contributed by atoms with van der Waals surface area (Å²) in [4.78, 5) is 12.2. The smallest absolute Gasteiger partial charge is 0.235 e. The van der Waals surface area contributed by atoms with Crippen molar-refractivity contribution in [1.82, 2.24) is 5.16 Å². The van der Waals surface area contributed by atoms with Crippen molar-refractivity contribution < 1.29 is 9.32 Å². The number of anilines is 2. The molecule has 1 aromatic carbocycles. The molecule has 18 heavy (non-hydrogen) atoms. The topological polar surface area (TPSA) is 67.2 Å². The van der Waals surface area contributed by atoms with Gasteiger partial charge >= 0.3 is 0 Å². The molecule has 3 rings (SSSR count). The molecule has 5 nitrogen and oxygen atoms in total. The number of hydrogen-bond donors (Lipinski definition) is 2. The van der Waals surface area contributed by atoms with E-state index < -0.39 is 0 Å². The van der Waals surface area contributed by atoms with Gasteiger partial charge in [0, 0.05) is 18.3 Å². The number of hydrogen-bond acceptors (Lipinski definition) is 4. The molecule has 0 radical (unpaired) electrons. The minimum atomic E-state index is -0.182. The highest BCUT2D eigenvalue weighted by atomic mass is 16.5. The first-order chi connectivity index (χ1) is 8.74. The van der Waals surface area contributed by atoms with Gasteiger partial charge in [-0.2, -0.15) is 0 Å². The van der Waals surface area contributed by atoms with Crippen LogP contribution in [0.4, 0.5) is 11.5 Å². The van der Waals surface area contributed by atoms with Crippen LogP contribution in [0.1, 0.15) is 17.2 Å². The Morgan fingerprint density at radius 1 is 1.50 bits per heavy atom. The van der Waals surface area contributed by atoms with Crippen LogP contribution in [0.5, 0.6) is 0 Å². The summed E-state index contributed by atoms with van der Waals surface area (Å²) in [5.74, 6) is 0.885. The fraction of sp³-hybridized carbons (Fsp3) is 0.231. The van der Waals surface area contributed by atoms with Gasteiger partial charge in [0.2, 0.25) is 5.91 Å². The van der Waals surface area contributed by atoms with Crippen LogP contribution in [0.3, 0.4) is 0 Å². The fourth-order valence-corrected chi connectivity index (χ4v) is 2.16. The minimum absolute atomic E-state index is 0.0687. The fourth-order valence-electron chi connectivity index (χ4n) is 2.16. The largest absolute Gasteiger partial charge is 0.384 e. The first kappa shape index (κ1) is 10.8. The second-order valence-electron chi connectivity index (χ2n) is 4.33. The third kappa shape index (κ3) is 1.84. The summed E-state index contributed by atoms with van der Waals surface area (Å²) >= 11 is 0. The molecule has 2 heterocycles. The summed E-state index contributed by atoms with van der Waals surface area (Å²) in [5, 5.41) is 9.73. The van der Waals surface area contributed by atoms with Crippen LogP contribution in [-0.2, 0) is 4.79 Å². The average molecular weight is 243 g/mol. The lowest BCUT2D eigenvalue weighted by Crippen LogP contribution is -2.22. The molecule has 1 aromatic heterocycles. The molecule has 0 fully saturated rings. The van der Waals surface area contributed by atoms with Gasteiger partial charge in [-0.15, -0.1) is 0 Å². The van der Waals surface area contributed by atoms with E-state index in [9.17, 15) is 4.79 Å². The Bertz CT molecular complexity index is 591. The number of nitrogens with zero attached hydrogens (tertiary/aromatic N) is 1. The van der Waals surface area contributed by atoms with Crippen LogP contribution in [0.25, 0.3) is 0 Å². The summed E-state index contributed by atoms with van der Waals surface area (Å²) in [6.45, 7) is 2.40. The van der Waals surface area contributed by atoms with Crippen molar-refractivity contribution in [2.75, 3.05) is 17.2 Å². The van der Waals surface area contributed by atoms with E-state index in [1.807, 2.05) is 24.3 Å². The first-order valence-electron chi connectivity index (χ1n) is 5.81. The van der Waals surface area contributed by atoms with Gasteiger partial charge < -0.3 is 15.2 Å². The van der Waals surface area contributed by atoms with Gasteiger partial charge in [-0.05, 0) is 18.6 Å².